The number of ether oxygens (including phenoxy) is 2. The smallest absolute Gasteiger partial charge is 0.126 e. The molecule has 1 aliphatic heterocycles. The summed E-state index contributed by atoms with van der Waals surface area (Å²) in [6.45, 7) is 0. The predicted octanol–water partition coefficient (Wildman–Crippen LogP) is 3.25. The molecular formula is C9H13IO2S2. The van der Waals surface area contributed by atoms with Crippen molar-refractivity contribution in [2.24, 2.45) is 0 Å². The Kier molecular flexibility index (Phi) is 6.39. The predicted molar refractivity (Wildman–Crippen MR) is 72.9 cm³/mol. The van der Waals surface area contributed by atoms with Crippen LogP contribution >= 0.6 is 46.1 Å². The van der Waals surface area contributed by atoms with Gasteiger partial charge < -0.3 is 9.47 Å². The lowest BCUT2D eigenvalue weighted by Crippen LogP contribution is -2.05. The largest absolute Gasteiger partial charge is 0.497 e. The molecule has 0 aromatic rings. The molecule has 1 aliphatic rings. The van der Waals surface area contributed by atoms with E-state index in [4.69, 9.17) is 9.47 Å². The van der Waals surface area contributed by atoms with Gasteiger partial charge in [-0.05, 0) is 41.0 Å². The molecule has 0 saturated heterocycles. The summed E-state index contributed by atoms with van der Waals surface area (Å²) in [5, 5.41) is 0. The van der Waals surface area contributed by atoms with Crippen molar-refractivity contribution in [1.82, 2.24) is 0 Å². The standard InChI is InChI=1S/C9H13IO2S2/c1-11-8-3-7(10)5-14-9(4-8)12-6-13-2/h3-4,9H,5-6H2,1-2H3. The molecule has 0 saturated carbocycles. The van der Waals surface area contributed by atoms with Gasteiger partial charge in [0.05, 0.1) is 13.0 Å². The Bertz CT molecular complexity index is 241. The number of hydrogen-bond acceptors (Lipinski definition) is 4. The van der Waals surface area contributed by atoms with Crippen LogP contribution in [0.5, 0.6) is 0 Å². The maximum Gasteiger partial charge on any atom is 0.126 e. The summed E-state index contributed by atoms with van der Waals surface area (Å²) in [5.74, 6) is 2.61. The van der Waals surface area contributed by atoms with Gasteiger partial charge in [-0.2, -0.15) is 0 Å². The van der Waals surface area contributed by atoms with Crippen LogP contribution in [0.25, 0.3) is 0 Å². The molecule has 0 aliphatic carbocycles. The van der Waals surface area contributed by atoms with Crippen LogP contribution in [0.2, 0.25) is 0 Å². The Hall–Kier alpha value is 0.670. The van der Waals surface area contributed by atoms with Crippen molar-refractivity contribution in [1.29, 1.82) is 0 Å². The van der Waals surface area contributed by atoms with Crippen molar-refractivity contribution in [2.75, 3.05) is 25.1 Å². The van der Waals surface area contributed by atoms with E-state index in [1.54, 1.807) is 30.6 Å². The molecule has 0 amide bonds. The highest BCUT2D eigenvalue weighted by Crippen LogP contribution is 2.27. The number of methoxy groups -OCH3 is 1. The first kappa shape index (κ1) is 12.7. The van der Waals surface area contributed by atoms with Crippen LogP contribution in [0.3, 0.4) is 0 Å². The summed E-state index contributed by atoms with van der Waals surface area (Å²) in [6, 6.07) is 0. The van der Waals surface area contributed by atoms with Crippen LogP contribution in [0.4, 0.5) is 0 Å². The zero-order chi connectivity index (χ0) is 10.4. The Morgan fingerprint density at radius 3 is 3.14 bits per heavy atom. The number of thioether (sulfide) groups is 2. The van der Waals surface area contributed by atoms with Gasteiger partial charge >= 0.3 is 0 Å². The van der Waals surface area contributed by atoms with Crippen LogP contribution < -0.4 is 0 Å². The fraction of sp³-hybridized carbons (Fsp3) is 0.556. The fourth-order valence-electron chi connectivity index (χ4n) is 0.946. The highest BCUT2D eigenvalue weighted by Gasteiger charge is 2.12. The monoisotopic (exact) mass is 344 g/mol. The van der Waals surface area contributed by atoms with E-state index in [2.05, 4.69) is 28.7 Å². The summed E-state index contributed by atoms with van der Waals surface area (Å²) < 4.78 is 12.1. The maximum atomic E-state index is 5.63. The van der Waals surface area contributed by atoms with Crippen molar-refractivity contribution in [2.45, 2.75) is 5.44 Å². The third-order valence-electron chi connectivity index (χ3n) is 1.57. The third-order valence-corrected chi connectivity index (χ3v) is 4.23. The van der Waals surface area contributed by atoms with E-state index in [-0.39, 0.29) is 5.44 Å². The molecule has 1 atom stereocenters. The van der Waals surface area contributed by atoms with Gasteiger partial charge in [0, 0.05) is 9.33 Å². The van der Waals surface area contributed by atoms with Crippen LogP contribution in [-0.2, 0) is 9.47 Å². The Labute approximate surface area is 107 Å². The maximum absolute atomic E-state index is 5.63. The van der Waals surface area contributed by atoms with Gasteiger partial charge in [0.15, 0.2) is 0 Å². The lowest BCUT2D eigenvalue weighted by Gasteiger charge is -2.11. The van der Waals surface area contributed by atoms with E-state index in [1.165, 1.54) is 3.58 Å². The van der Waals surface area contributed by atoms with Crippen molar-refractivity contribution in [3.63, 3.8) is 0 Å². The van der Waals surface area contributed by atoms with E-state index < -0.39 is 0 Å². The molecule has 1 heterocycles. The second kappa shape index (κ2) is 7.03. The second-order valence-electron chi connectivity index (χ2n) is 2.62. The molecule has 0 N–H and O–H groups in total. The Balaban J connectivity index is 2.56. The minimum atomic E-state index is 0.112. The minimum absolute atomic E-state index is 0.112. The molecule has 0 spiro atoms. The highest BCUT2D eigenvalue weighted by molar-refractivity contribution is 14.1. The van der Waals surface area contributed by atoms with Crippen LogP contribution in [0.1, 0.15) is 0 Å². The molecule has 14 heavy (non-hydrogen) atoms. The Morgan fingerprint density at radius 2 is 2.50 bits per heavy atom. The van der Waals surface area contributed by atoms with Crippen molar-refractivity contribution >= 4 is 46.1 Å². The first-order valence-corrected chi connectivity index (χ1v) is 7.62. The van der Waals surface area contributed by atoms with Gasteiger partial charge in [-0.25, -0.2) is 0 Å². The zero-order valence-corrected chi connectivity index (χ0v) is 11.9. The van der Waals surface area contributed by atoms with Gasteiger partial charge in [-0.1, -0.05) is 0 Å². The summed E-state index contributed by atoms with van der Waals surface area (Å²) in [5.41, 5.74) is 0.112. The first-order valence-electron chi connectivity index (χ1n) is 4.10. The fourth-order valence-corrected chi connectivity index (χ4v) is 2.96. The minimum Gasteiger partial charge on any atom is -0.497 e. The Morgan fingerprint density at radius 1 is 1.71 bits per heavy atom. The van der Waals surface area contributed by atoms with Gasteiger partial charge in [-0.3, -0.25) is 0 Å². The molecular weight excluding hydrogens is 331 g/mol. The molecule has 0 aromatic carbocycles. The quantitative estimate of drug-likeness (QED) is 0.575. The van der Waals surface area contributed by atoms with E-state index in [0.717, 1.165) is 17.5 Å². The molecule has 1 rings (SSSR count). The summed E-state index contributed by atoms with van der Waals surface area (Å²) in [6.07, 6.45) is 6.10. The molecule has 5 heteroatoms. The molecule has 0 aromatic heterocycles. The van der Waals surface area contributed by atoms with Crippen LogP contribution in [-0.4, -0.2) is 30.5 Å². The molecule has 0 radical (unpaired) electrons. The van der Waals surface area contributed by atoms with Crippen molar-refractivity contribution < 1.29 is 9.47 Å². The molecule has 2 nitrogen and oxygen atoms in total. The van der Waals surface area contributed by atoms with E-state index in [0.29, 0.717) is 0 Å². The topological polar surface area (TPSA) is 18.5 Å². The molecule has 0 bridgehead atoms. The first-order chi connectivity index (χ1) is 6.76. The van der Waals surface area contributed by atoms with Gasteiger partial charge in [0.2, 0.25) is 0 Å². The lowest BCUT2D eigenvalue weighted by atomic mass is 10.4. The second-order valence-corrected chi connectivity index (χ2v) is 5.90. The third kappa shape index (κ3) is 4.46. The highest BCUT2D eigenvalue weighted by atomic mass is 127. The number of halogens is 1. The van der Waals surface area contributed by atoms with Crippen LogP contribution in [0.15, 0.2) is 21.5 Å². The molecule has 80 valence electrons. The van der Waals surface area contributed by atoms with E-state index in [1.807, 2.05) is 12.3 Å². The number of hydrogen-bond donors (Lipinski definition) is 0. The summed E-state index contributed by atoms with van der Waals surface area (Å²) >= 11 is 5.80. The average Bonchev–Trinajstić information content (AvgIpc) is 2.37. The summed E-state index contributed by atoms with van der Waals surface area (Å²) in [7, 11) is 1.69. The van der Waals surface area contributed by atoms with Crippen LogP contribution in [0, 0.1) is 0 Å². The summed E-state index contributed by atoms with van der Waals surface area (Å²) in [4.78, 5) is 0. The van der Waals surface area contributed by atoms with Crippen molar-refractivity contribution in [3.8, 4) is 0 Å². The van der Waals surface area contributed by atoms with Gasteiger partial charge in [-0.15, -0.1) is 23.5 Å². The lowest BCUT2D eigenvalue weighted by molar-refractivity contribution is 0.186. The van der Waals surface area contributed by atoms with Gasteiger partial charge in [0.25, 0.3) is 0 Å². The average molecular weight is 344 g/mol. The zero-order valence-electron chi connectivity index (χ0n) is 8.16. The SMILES string of the molecule is COC1=CC(OCSC)SCC(I)=C1. The number of rotatable bonds is 4. The van der Waals surface area contributed by atoms with Crippen molar-refractivity contribution in [3.05, 3.63) is 21.5 Å². The van der Waals surface area contributed by atoms with Gasteiger partial charge in [0.1, 0.15) is 11.2 Å². The molecule has 1 unspecified atom stereocenters. The molecule has 0 fully saturated rings. The van der Waals surface area contributed by atoms with E-state index in [9.17, 15) is 0 Å². The van der Waals surface area contributed by atoms with E-state index >= 15 is 0 Å². The number of allylic oxidation sites excluding steroid dienone is 1. The normalized spacial score (nSPS) is 22.4.